The molecule has 0 fully saturated rings. The van der Waals surface area contributed by atoms with Gasteiger partial charge in [-0.25, -0.2) is 9.97 Å². The minimum Gasteiger partial charge on any atom is -0.296 e. The van der Waals surface area contributed by atoms with E-state index < -0.39 is 0 Å². The molecule has 0 saturated carbocycles. The van der Waals surface area contributed by atoms with E-state index in [0.29, 0.717) is 17.2 Å². The Morgan fingerprint density at radius 1 is 1.10 bits per heavy atom. The monoisotopic (exact) mass is 279 g/mol. The first-order valence-corrected chi connectivity index (χ1v) is 6.90. The third-order valence-electron chi connectivity index (χ3n) is 4.16. The molecular formula is C17H17N3O. The molecule has 0 N–H and O–H groups in total. The second kappa shape index (κ2) is 4.81. The number of imidazole rings is 1. The van der Waals surface area contributed by atoms with E-state index in [-0.39, 0.29) is 0 Å². The van der Waals surface area contributed by atoms with Gasteiger partial charge >= 0.3 is 0 Å². The highest BCUT2D eigenvalue weighted by Crippen LogP contribution is 2.32. The van der Waals surface area contributed by atoms with Crippen molar-refractivity contribution in [2.75, 3.05) is 0 Å². The molecule has 0 saturated heterocycles. The lowest BCUT2D eigenvalue weighted by Crippen LogP contribution is -1.98. The summed E-state index contributed by atoms with van der Waals surface area (Å²) in [6.07, 6.45) is 4.35. The van der Waals surface area contributed by atoms with Crippen molar-refractivity contribution < 1.29 is 4.79 Å². The molecule has 2 heterocycles. The fourth-order valence-electron chi connectivity index (χ4n) is 2.77. The number of hydrogen-bond acceptors (Lipinski definition) is 3. The van der Waals surface area contributed by atoms with Gasteiger partial charge in [0.25, 0.3) is 0 Å². The Morgan fingerprint density at radius 2 is 1.76 bits per heavy atom. The fourth-order valence-corrected chi connectivity index (χ4v) is 2.77. The van der Waals surface area contributed by atoms with Gasteiger partial charge in [0.05, 0.1) is 0 Å². The van der Waals surface area contributed by atoms with Crippen LogP contribution >= 0.6 is 0 Å². The third-order valence-corrected chi connectivity index (χ3v) is 4.16. The van der Waals surface area contributed by atoms with Crippen LogP contribution in [0.2, 0.25) is 0 Å². The molecule has 1 aromatic carbocycles. The first-order chi connectivity index (χ1) is 10.0. The summed E-state index contributed by atoms with van der Waals surface area (Å²) >= 11 is 0. The topological polar surface area (TPSA) is 47.3 Å². The van der Waals surface area contributed by atoms with Crippen LogP contribution in [0, 0.1) is 27.7 Å². The van der Waals surface area contributed by atoms with Gasteiger partial charge in [-0.2, -0.15) is 0 Å². The highest BCUT2D eigenvalue weighted by Gasteiger charge is 2.19. The summed E-state index contributed by atoms with van der Waals surface area (Å²) in [4.78, 5) is 20.4. The molecule has 4 heteroatoms. The quantitative estimate of drug-likeness (QED) is 0.675. The summed E-state index contributed by atoms with van der Waals surface area (Å²) in [7, 11) is 0. The molecule has 21 heavy (non-hydrogen) atoms. The van der Waals surface area contributed by atoms with Crippen LogP contribution in [0.1, 0.15) is 32.7 Å². The fraction of sp³-hybridized carbons (Fsp3) is 0.235. The van der Waals surface area contributed by atoms with Crippen molar-refractivity contribution in [2.24, 2.45) is 0 Å². The van der Waals surface area contributed by atoms with Gasteiger partial charge in [-0.1, -0.05) is 6.07 Å². The van der Waals surface area contributed by atoms with Crippen LogP contribution in [0.4, 0.5) is 0 Å². The van der Waals surface area contributed by atoms with Crippen molar-refractivity contribution in [1.29, 1.82) is 0 Å². The van der Waals surface area contributed by atoms with E-state index in [2.05, 4.69) is 43.7 Å². The lowest BCUT2D eigenvalue weighted by molar-refractivity contribution is 0.111. The van der Waals surface area contributed by atoms with Crippen molar-refractivity contribution in [3.8, 4) is 11.3 Å². The summed E-state index contributed by atoms with van der Waals surface area (Å²) in [5.41, 5.74) is 7.03. The van der Waals surface area contributed by atoms with Gasteiger partial charge in [-0.05, 0) is 56.0 Å². The molecule has 0 aliphatic rings. The molecule has 0 spiro atoms. The summed E-state index contributed by atoms with van der Waals surface area (Å²) in [5.74, 6) is 0.549. The Labute approximate surface area is 123 Å². The summed E-state index contributed by atoms with van der Waals surface area (Å²) in [5, 5.41) is 0. The molecular weight excluding hydrogens is 262 g/mol. The molecule has 0 bridgehead atoms. The molecule has 0 unspecified atom stereocenters. The van der Waals surface area contributed by atoms with Gasteiger partial charge in [-0.3, -0.25) is 9.20 Å². The maximum absolute atomic E-state index is 11.6. The van der Waals surface area contributed by atoms with Crippen LogP contribution in [-0.4, -0.2) is 20.7 Å². The molecule has 0 radical (unpaired) electrons. The molecule has 2 aromatic heterocycles. The third kappa shape index (κ3) is 1.95. The predicted octanol–water partition coefficient (Wildman–Crippen LogP) is 3.44. The van der Waals surface area contributed by atoms with E-state index in [1.807, 2.05) is 6.20 Å². The molecule has 0 aliphatic heterocycles. The Bertz CT molecular complexity index is 836. The van der Waals surface area contributed by atoms with Crippen LogP contribution in [0.3, 0.4) is 0 Å². The summed E-state index contributed by atoms with van der Waals surface area (Å²) in [6.45, 7) is 8.31. The summed E-state index contributed by atoms with van der Waals surface area (Å²) in [6, 6.07) is 3.97. The Hall–Kier alpha value is -2.49. The number of fused-ring (bicyclic) bond motifs is 1. The highest BCUT2D eigenvalue weighted by atomic mass is 16.1. The Kier molecular flexibility index (Phi) is 3.09. The average molecular weight is 279 g/mol. The van der Waals surface area contributed by atoms with Gasteiger partial charge < -0.3 is 0 Å². The number of rotatable bonds is 2. The molecule has 0 aliphatic carbocycles. The van der Waals surface area contributed by atoms with Crippen LogP contribution in [-0.2, 0) is 0 Å². The SMILES string of the molecule is Cc1cc(C)c(C)c(-c2nc3ncccn3c2C=O)c1C. The maximum atomic E-state index is 11.6. The minimum atomic E-state index is 0.549. The van der Waals surface area contributed by atoms with E-state index in [1.165, 1.54) is 11.1 Å². The van der Waals surface area contributed by atoms with Crippen LogP contribution in [0.25, 0.3) is 17.0 Å². The van der Waals surface area contributed by atoms with Gasteiger partial charge in [0.1, 0.15) is 11.4 Å². The van der Waals surface area contributed by atoms with Crippen molar-refractivity contribution in [3.63, 3.8) is 0 Å². The number of carbonyl (C=O) groups is 1. The standard InChI is InChI=1S/C17H17N3O/c1-10-8-11(2)13(4)15(12(10)3)16-14(9-21)20-7-5-6-18-17(20)19-16/h5-9H,1-4H3. The normalized spacial score (nSPS) is 11.0. The molecule has 3 rings (SSSR count). The van der Waals surface area contributed by atoms with E-state index in [0.717, 1.165) is 23.0 Å². The van der Waals surface area contributed by atoms with Crippen LogP contribution < -0.4 is 0 Å². The lowest BCUT2D eigenvalue weighted by Gasteiger charge is -2.14. The summed E-state index contributed by atoms with van der Waals surface area (Å²) < 4.78 is 1.74. The average Bonchev–Trinajstić information content (AvgIpc) is 2.83. The Balaban J connectivity index is 2.44. The zero-order chi connectivity index (χ0) is 15.1. The maximum Gasteiger partial charge on any atom is 0.234 e. The second-order valence-electron chi connectivity index (χ2n) is 5.39. The molecule has 0 amide bonds. The first-order valence-electron chi connectivity index (χ1n) is 6.90. The highest BCUT2D eigenvalue weighted by molar-refractivity contribution is 5.88. The molecule has 3 aromatic rings. The number of carbonyl (C=O) groups excluding carboxylic acids is 1. The number of benzene rings is 1. The Morgan fingerprint density at radius 3 is 2.38 bits per heavy atom. The van der Waals surface area contributed by atoms with E-state index >= 15 is 0 Å². The predicted molar refractivity (Wildman–Crippen MR) is 82.8 cm³/mol. The van der Waals surface area contributed by atoms with Crippen LogP contribution in [0.15, 0.2) is 24.5 Å². The number of aryl methyl sites for hydroxylation is 2. The lowest BCUT2D eigenvalue weighted by atomic mass is 9.92. The molecule has 0 atom stereocenters. The molecule has 106 valence electrons. The first kappa shape index (κ1) is 13.5. The van der Waals surface area contributed by atoms with E-state index in [1.54, 1.807) is 16.7 Å². The second-order valence-corrected chi connectivity index (χ2v) is 5.39. The number of nitrogens with zero attached hydrogens (tertiary/aromatic N) is 3. The van der Waals surface area contributed by atoms with Crippen molar-refractivity contribution >= 4 is 12.1 Å². The zero-order valence-corrected chi connectivity index (χ0v) is 12.6. The van der Waals surface area contributed by atoms with E-state index in [9.17, 15) is 4.79 Å². The number of aromatic nitrogens is 3. The smallest absolute Gasteiger partial charge is 0.234 e. The number of hydrogen-bond donors (Lipinski definition) is 0. The van der Waals surface area contributed by atoms with Crippen molar-refractivity contribution in [3.05, 3.63) is 52.5 Å². The van der Waals surface area contributed by atoms with Crippen molar-refractivity contribution in [1.82, 2.24) is 14.4 Å². The van der Waals surface area contributed by atoms with Gasteiger partial charge in [-0.15, -0.1) is 0 Å². The largest absolute Gasteiger partial charge is 0.296 e. The van der Waals surface area contributed by atoms with Crippen molar-refractivity contribution in [2.45, 2.75) is 27.7 Å². The van der Waals surface area contributed by atoms with Gasteiger partial charge in [0.2, 0.25) is 5.78 Å². The minimum absolute atomic E-state index is 0.549. The molecule has 4 nitrogen and oxygen atoms in total. The zero-order valence-electron chi connectivity index (χ0n) is 12.6. The number of aldehydes is 1. The van der Waals surface area contributed by atoms with Gasteiger partial charge in [0, 0.05) is 18.0 Å². The van der Waals surface area contributed by atoms with Gasteiger partial charge in [0.15, 0.2) is 6.29 Å². The van der Waals surface area contributed by atoms with E-state index in [4.69, 9.17) is 0 Å². The van der Waals surface area contributed by atoms with Crippen LogP contribution in [0.5, 0.6) is 0 Å².